The van der Waals surface area contributed by atoms with Crippen LogP contribution < -0.4 is 5.32 Å². The third-order valence-electron chi connectivity index (χ3n) is 4.42. The van der Waals surface area contributed by atoms with Crippen molar-refractivity contribution in [3.8, 4) is 0 Å². The normalized spacial score (nSPS) is 23.2. The molecule has 22 heavy (non-hydrogen) atoms. The summed E-state index contributed by atoms with van der Waals surface area (Å²) in [5.41, 5.74) is 0.655. The Hall–Kier alpha value is -1.40. The topological polar surface area (TPSA) is 66.5 Å². The standard InChI is InChI=1S/C16H22N2O3S/c1-12-4-2-3-11-18(12)22(20,21)15-9-7-14(8-10-15)17-16(19)13-5-6-13/h7-10,12-13H,2-6,11H2,1H3,(H,17,19)/t12-/m1/s1. The number of nitrogens with zero attached hydrogens (tertiary/aromatic N) is 1. The van der Waals surface area contributed by atoms with Crippen molar-refractivity contribution in [3.63, 3.8) is 0 Å². The Morgan fingerprint density at radius 2 is 1.82 bits per heavy atom. The van der Waals surface area contributed by atoms with E-state index in [0.717, 1.165) is 32.1 Å². The van der Waals surface area contributed by atoms with Crippen LogP contribution in [-0.2, 0) is 14.8 Å². The van der Waals surface area contributed by atoms with Gasteiger partial charge in [-0.25, -0.2) is 8.42 Å². The third kappa shape index (κ3) is 3.17. The molecular formula is C16H22N2O3S. The average Bonchev–Trinajstić information content (AvgIpc) is 3.33. The Balaban J connectivity index is 1.74. The van der Waals surface area contributed by atoms with Crippen LogP contribution in [0.4, 0.5) is 5.69 Å². The highest BCUT2D eigenvalue weighted by Gasteiger charge is 2.31. The first kappa shape index (κ1) is 15.5. The predicted molar refractivity (Wildman–Crippen MR) is 85.0 cm³/mol. The SMILES string of the molecule is C[C@@H]1CCCCN1S(=O)(=O)c1ccc(NC(=O)C2CC2)cc1. The monoisotopic (exact) mass is 322 g/mol. The van der Waals surface area contributed by atoms with E-state index in [2.05, 4.69) is 5.32 Å². The molecule has 1 heterocycles. The van der Waals surface area contributed by atoms with Crippen LogP contribution in [0.2, 0.25) is 0 Å². The number of anilines is 1. The quantitative estimate of drug-likeness (QED) is 0.926. The molecular weight excluding hydrogens is 300 g/mol. The number of nitrogens with one attached hydrogen (secondary N) is 1. The lowest BCUT2D eigenvalue weighted by molar-refractivity contribution is -0.117. The Labute approximate surface area is 131 Å². The Morgan fingerprint density at radius 1 is 1.14 bits per heavy atom. The molecule has 1 saturated carbocycles. The molecule has 0 radical (unpaired) electrons. The minimum Gasteiger partial charge on any atom is -0.326 e. The zero-order chi connectivity index (χ0) is 15.7. The molecule has 0 aromatic heterocycles. The van der Waals surface area contributed by atoms with Crippen molar-refractivity contribution < 1.29 is 13.2 Å². The highest BCUT2D eigenvalue weighted by atomic mass is 32.2. The van der Waals surface area contributed by atoms with E-state index in [1.807, 2.05) is 6.92 Å². The molecule has 5 nitrogen and oxygen atoms in total. The summed E-state index contributed by atoms with van der Waals surface area (Å²) in [7, 11) is -3.44. The summed E-state index contributed by atoms with van der Waals surface area (Å²) >= 11 is 0. The number of sulfonamides is 1. The molecule has 1 aromatic carbocycles. The Kier molecular flexibility index (Phi) is 4.23. The number of amides is 1. The minimum atomic E-state index is -3.44. The summed E-state index contributed by atoms with van der Waals surface area (Å²) in [6.07, 6.45) is 4.81. The van der Waals surface area contributed by atoms with Gasteiger partial charge in [-0.05, 0) is 56.9 Å². The maximum absolute atomic E-state index is 12.7. The van der Waals surface area contributed by atoms with Crippen LogP contribution >= 0.6 is 0 Å². The number of benzene rings is 1. The summed E-state index contributed by atoms with van der Waals surface area (Å²) in [6, 6.07) is 6.55. The van der Waals surface area contributed by atoms with Gasteiger partial charge in [0.25, 0.3) is 0 Å². The molecule has 1 aromatic rings. The van der Waals surface area contributed by atoms with Crippen LogP contribution in [0.3, 0.4) is 0 Å². The van der Waals surface area contributed by atoms with Gasteiger partial charge in [0.05, 0.1) is 4.90 Å². The van der Waals surface area contributed by atoms with E-state index in [1.54, 1.807) is 28.6 Å². The van der Waals surface area contributed by atoms with Gasteiger partial charge < -0.3 is 5.32 Å². The van der Waals surface area contributed by atoms with Gasteiger partial charge in [-0.3, -0.25) is 4.79 Å². The molecule has 1 atom stereocenters. The number of piperidine rings is 1. The van der Waals surface area contributed by atoms with Gasteiger partial charge in [-0.2, -0.15) is 4.31 Å². The molecule has 6 heteroatoms. The Morgan fingerprint density at radius 3 is 2.41 bits per heavy atom. The van der Waals surface area contributed by atoms with Crippen molar-refractivity contribution in [3.05, 3.63) is 24.3 Å². The van der Waals surface area contributed by atoms with Gasteiger partial charge in [0, 0.05) is 24.2 Å². The van der Waals surface area contributed by atoms with E-state index in [-0.39, 0.29) is 17.9 Å². The summed E-state index contributed by atoms with van der Waals surface area (Å²) in [6.45, 7) is 2.55. The maximum Gasteiger partial charge on any atom is 0.243 e. The highest BCUT2D eigenvalue weighted by molar-refractivity contribution is 7.89. The first-order valence-corrected chi connectivity index (χ1v) is 9.35. The van der Waals surface area contributed by atoms with E-state index >= 15 is 0 Å². The van der Waals surface area contributed by atoms with Crippen molar-refractivity contribution in [2.24, 2.45) is 5.92 Å². The Bertz CT molecular complexity index is 650. The number of hydrogen-bond acceptors (Lipinski definition) is 3. The molecule has 2 aliphatic rings. The second-order valence-electron chi connectivity index (χ2n) is 6.25. The fourth-order valence-corrected chi connectivity index (χ4v) is 4.56. The molecule has 1 amide bonds. The summed E-state index contributed by atoms with van der Waals surface area (Å²) < 4.78 is 27.0. The summed E-state index contributed by atoms with van der Waals surface area (Å²) in [5.74, 6) is 0.165. The largest absolute Gasteiger partial charge is 0.326 e. The average molecular weight is 322 g/mol. The lowest BCUT2D eigenvalue weighted by Gasteiger charge is -2.32. The molecule has 0 bridgehead atoms. The van der Waals surface area contributed by atoms with E-state index in [0.29, 0.717) is 17.1 Å². The summed E-state index contributed by atoms with van der Waals surface area (Å²) in [5, 5.41) is 2.82. The van der Waals surface area contributed by atoms with Gasteiger partial charge in [-0.15, -0.1) is 0 Å². The van der Waals surface area contributed by atoms with Gasteiger partial charge >= 0.3 is 0 Å². The van der Waals surface area contributed by atoms with Crippen molar-refractivity contribution in [1.29, 1.82) is 0 Å². The van der Waals surface area contributed by atoms with Crippen LogP contribution in [-0.4, -0.2) is 31.2 Å². The predicted octanol–water partition coefficient (Wildman–Crippen LogP) is 2.60. The van der Waals surface area contributed by atoms with Gasteiger partial charge in [0.2, 0.25) is 15.9 Å². The van der Waals surface area contributed by atoms with E-state index in [9.17, 15) is 13.2 Å². The third-order valence-corrected chi connectivity index (χ3v) is 6.45. The second-order valence-corrected chi connectivity index (χ2v) is 8.14. The lowest BCUT2D eigenvalue weighted by atomic mass is 10.1. The van der Waals surface area contributed by atoms with Crippen LogP contribution in [0.15, 0.2) is 29.2 Å². The van der Waals surface area contributed by atoms with Crippen LogP contribution in [0.5, 0.6) is 0 Å². The van der Waals surface area contributed by atoms with Crippen molar-refractivity contribution >= 4 is 21.6 Å². The van der Waals surface area contributed by atoms with Crippen LogP contribution in [0, 0.1) is 5.92 Å². The molecule has 0 spiro atoms. The number of carbonyl (C=O) groups excluding carboxylic acids is 1. The second kappa shape index (κ2) is 6.01. The van der Waals surface area contributed by atoms with Gasteiger partial charge in [0.15, 0.2) is 0 Å². The zero-order valence-corrected chi connectivity index (χ0v) is 13.6. The molecule has 1 aliphatic carbocycles. The fraction of sp³-hybridized carbons (Fsp3) is 0.562. The molecule has 0 unspecified atom stereocenters. The van der Waals surface area contributed by atoms with E-state index < -0.39 is 10.0 Å². The smallest absolute Gasteiger partial charge is 0.243 e. The van der Waals surface area contributed by atoms with Crippen molar-refractivity contribution in [2.45, 2.75) is 50.0 Å². The molecule has 1 aliphatic heterocycles. The fourth-order valence-electron chi connectivity index (χ4n) is 2.86. The molecule has 2 fully saturated rings. The van der Waals surface area contributed by atoms with Gasteiger partial charge in [0.1, 0.15) is 0 Å². The van der Waals surface area contributed by atoms with Gasteiger partial charge in [-0.1, -0.05) is 6.42 Å². The number of carbonyl (C=O) groups is 1. The molecule has 1 N–H and O–H groups in total. The molecule has 120 valence electrons. The first-order valence-electron chi connectivity index (χ1n) is 7.91. The summed E-state index contributed by atoms with van der Waals surface area (Å²) in [4.78, 5) is 12.0. The van der Waals surface area contributed by atoms with Crippen LogP contribution in [0.1, 0.15) is 39.0 Å². The van der Waals surface area contributed by atoms with Crippen molar-refractivity contribution in [2.75, 3.05) is 11.9 Å². The lowest BCUT2D eigenvalue weighted by Crippen LogP contribution is -2.41. The zero-order valence-electron chi connectivity index (χ0n) is 12.8. The molecule has 3 rings (SSSR count). The van der Waals surface area contributed by atoms with Crippen LogP contribution in [0.25, 0.3) is 0 Å². The highest BCUT2D eigenvalue weighted by Crippen LogP contribution is 2.30. The number of rotatable bonds is 4. The first-order chi connectivity index (χ1) is 10.5. The van der Waals surface area contributed by atoms with Crippen molar-refractivity contribution in [1.82, 2.24) is 4.31 Å². The molecule has 1 saturated heterocycles. The number of hydrogen-bond donors (Lipinski definition) is 1. The van der Waals surface area contributed by atoms with E-state index in [1.165, 1.54) is 0 Å². The minimum absolute atomic E-state index is 0.0280. The van der Waals surface area contributed by atoms with E-state index in [4.69, 9.17) is 0 Å². The maximum atomic E-state index is 12.7.